The van der Waals surface area contributed by atoms with Crippen molar-refractivity contribution in [2.45, 2.75) is 0 Å². The quantitative estimate of drug-likeness (QED) is 0.306. The Morgan fingerprint density at radius 1 is 1.22 bits per heavy atom. The van der Waals surface area contributed by atoms with Gasteiger partial charge in [0.2, 0.25) is 0 Å². The summed E-state index contributed by atoms with van der Waals surface area (Å²) in [6, 6.07) is 7.36. The molecule has 0 saturated heterocycles. The summed E-state index contributed by atoms with van der Waals surface area (Å²) < 4.78 is 5.70. The summed E-state index contributed by atoms with van der Waals surface area (Å²) in [5.41, 5.74) is 1.04. The molecule has 18 heavy (non-hydrogen) atoms. The molecule has 0 radical (unpaired) electrons. The van der Waals surface area contributed by atoms with Crippen molar-refractivity contribution in [3.63, 3.8) is 0 Å². The predicted molar refractivity (Wildman–Crippen MR) is 66.8 cm³/mol. The first kappa shape index (κ1) is 16.9. The van der Waals surface area contributed by atoms with Crippen molar-refractivity contribution in [2.24, 2.45) is 0 Å². The molecule has 0 bridgehead atoms. The van der Waals surface area contributed by atoms with Crippen molar-refractivity contribution in [3.05, 3.63) is 24.3 Å². The summed E-state index contributed by atoms with van der Waals surface area (Å²) in [4.78, 5) is 16.0. The predicted octanol–water partition coefficient (Wildman–Crippen LogP) is -1.12. The number of carbonyl (C=O) groups excluding carboxylic acids is 1. The van der Waals surface area contributed by atoms with Crippen LogP contribution in [0.3, 0.4) is 0 Å². The second kappa shape index (κ2) is 6.72. The number of nitrogens with zero attached hydrogens (tertiary/aromatic N) is 2. The van der Waals surface area contributed by atoms with Crippen LogP contribution in [0.2, 0.25) is 0 Å². The highest BCUT2D eigenvalue weighted by Crippen LogP contribution is 2.23. The Hall–Kier alpha value is -1.11. The summed E-state index contributed by atoms with van der Waals surface area (Å²) in [5.74, 6) is 0.474. The molecule has 102 valence electrons. The molecule has 0 unspecified atom stereocenters. The highest BCUT2D eigenvalue weighted by atomic mass is 79.9. The molecule has 0 saturated carbocycles. The van der Waals surface area contributed by atoms with Crippen LogP contribution in [0.1, 0.15) is 0 Å². The van der Waals surface area contributed by atoms with Gasteiger partial charge < -0.3 is 26.6 Å². The van der Waals surface area contributed by atoms with Gasteiger partial charge in [-0.1, -0.05) is 6.07 Å². The number of hydroxylamine groups is 2. The first-order chi connectivity index (χ1) is 7.79. The molecule has 0 aliphatic heterocycles. The van der Waals surface area contributed by atoms with Crippen LogP contribution in [0.5, 0.6) is 5.75 Å². The molecule has 0 spiro atoms. The molecule has 0 N–H and O–H groups in total. The van der Waals surface area contributed by atoms with E-state index in [0.717, 1.165) is 5.69 Å². The number of benzene rings is 1. The second-order valence-electron chi connectivity index (χ2n) is 4.77. The Balaban J connectivity index is 0.00000289. The average molecular weight is 319 g/mol. The van der Waals surface area contributed by atoms with E-state index in [2.05, 4.69) is 0 Å². The Bertz CT molecular complexity index is 403. The van der Waals surface area contributed by atoms with Gasteiger partial charge >= 0.3 is 6.16 Å². The first-order valence-corrected chi connectivity index (χ1v) is 5.28. The third kappa shape index (κ3) is 5.48. The van der Waals surface area contributed by atoms with Gasteiger partial charge in [0.25, 0.3) is 0 Å². The van der Waals surface area contributed by atoms with Gasteiger partial charge in [0, 0.05) is 20.2 Å². The van der Waals surface area contributed by atoms with Crippen molar-refractivity contribution in [3.8, 4) is 5.75 Å². The minimum Gasteiger partial charge on any atom is -1.00 e. The number of hydrogen-bond donors (Lipinski definition) is 0. The molecular weight excluding hydrogens is 300 g/mol. The molecule has 1 aromatic rings. The SMILES string of the molecule is CN(C)OC(=O)Oc1cccc([N+](C)(C)C)c1.[Br-]. The Morgan fingerprint density at radius 2 is 1.83 bits per heavy atom. The van der Waals surface area contributed by atoms with E-state index in [1.807, 2.05) is 39.3 Å². The number of halogens is 1. The molecule has 6 heteroatoms. The van der Waals surface area contributed by atoms with Gasteiger partial charge in [-0.2, -0.15) is 0 Å². The monoisotopic (exact) mass is 318 g/mol. The van der Waals surface area contributed by atoms with Crippen molar-refractivity contribution < 1.29 is 31.4 Å². The molecule has 1 rings (SSSR count). The van der Waals surface area contributed by atoms with Crippen molar-refractivity contribution in [1.29, 1.82) is 0 Å². The van der Waals surface area contributed by atoms with E-state index in [9.17, 15) is 4.79 Å². The zero-order valence-corrected chi connectivity index (χ0v) is 12.9. The molecule has 0 heterocycles. The van der Waals surface area contributed by atoms with Crippen LogP contribution < -0.4 is 26.2 Å². The topological polar surface area (TPSA) is 38.8 Å². The highest BCUT2D eigenvalue weighted by molar-refractivity contribution is 5.64. The normalized spacial score (nSPS) is 10.8. The van der Waals surface area contributed by atoms with Gasteiger partial charge in [-0.25, -0.2) is 4.79 Å². The molecule has 0 amide bonds. The third-order valence-corrected chi connectivity index (χ3v) is 2.05. The van der Waals surface area contributed by atoms with Crippen LogP contribution in [0, 0.1) is 0 Å². The number of hydrogen-bond acceptors (Lipinski definition) is 4. The summed E-state index contributed by atoms with van der Waals surface area (Å²) in [6.07, 6.45) is -0.742. The van der Waals surface area contributed by atoms with Crippen molar-refractivity contribution in [2.75, 3.05) is 35.2 Å². The van der Waals surface area contributed by atoms with Crippen LogP contribution in [-0.2, 0) is 4.84 Å². The minimum absolute atomic E-state index is 0. The lowest BCUT2D eigenvalue weighted by Crippen LogP contribution is -3.00. The zero-order chi connectivity index (χ0) is 13.1. The zero-order valence-electron chi connectivity index (χ0n) is 11.3. The van der Waals surface area contributed by atoms with Crippen LogP contribution in [-0.4, -0.2) is 46.5 Å². The van der Waals surface area contributed by atoms with E-state index in [1.54, 1.807) is 20.2 Å². The fourth-order valence-corrected chi connectivity index (χ4v) is 1.23. The summed E-state index contributed by atoms with van der Waals surface area (Å²) >= 11 is 0. The fourth-order valence-electron chi connectivity index (χ4n) is 1.23. The van der Waals surface area contributed by atoms with Crippen molar-refractivity contribution in [1.82, 2.24) is 9.55 Å². The van der Waals surface area contributed by atoms with Crippen LogP contribution in [0.15, 0.2) is 24.3 Å². The van der Waals surface area contributed by atoms with Crippen LogP contribution in [0.4, 0.5) is 10.5 Å². The Kier molecular flexibility index (Phi) is 6.31. The molecule has 0 aliphatic carbocycles. The van der Waals surface area contributed by atoms with Gasteiger partial charge in [0.15, 0.2) is 0 Å². The maximum atomic E-state index is 11.3. The van der Waals surface area contributed by atoms with E-state index in [1.165, 1.54) is 5.06 Å². The number of quaternary nitrogens is 1. The molecule has 1 aromatic carbocycles. The lowest BCUT2D eigenvalue weighted by molar-refractivity contribution is -0.0757. The number of rotatable bonds is 3. The van der Waals surface area contributed by atoms with Gasteiger partial charge in [-0.3, -0.25) is 4.48 Å². The maximum Gasteiger partial charge on any atom is 0.533 e. The minimum atomic E-state index is -0.742. The second-order valence-corrected chi connectivity index (χ2v) is 4.77. The first-order valence-electron chi connectivity index (χ1n) is 5.28. The van der Waals surface area contributed by atoms with Gasteiger partial charge in [-0.15, -0.1) is 5.06 Å². The smallest absolute Gasteiger partial charge is 0.533 e. The van der Waals surface area contributed by atoms with E-state index in [-0.39, 0.29) is 17.0 Å². The molecule has 0 aliphatic rings. The maximum absolute atomic E-state index is 11.3. The average Bonchev–Trinajstić information content (AvgIpc) is 2.15. The molecular formula is C12H19BrN2O3. The Labute approximate surface area is 118 Å². The van der Waals surface area contributed by atoms with Gasteiger partial charge in [0.1, 0.15) is 11.4 Å². The molecule has 0 aromatic heterocycles. The largest absolute Gasteiger partial charge is 1.00 e. The van der Waals surface area contributed by atoms with Crippen molar-refractivity contribution >= 4 is 11.8 Å². The van der Waals surface area contributed by atoms with E-state index in [0.29, 0.717) is 10.2 Å². The van der Waals surface area contributed by atoms with Crippen LogP contribution in [0.25, 0.3) is 0 Å². The highest BCUT2D eigenvalue weighted by Gasteiger charge is 2.14. The molecule has 5 nitrogen and oxygen atoms in total. The number of ether oxygens (including phenoxy) is 1. The fraction of sp³-hybridized carbons (Fsp3) is 0.417. The summed E-state index contributed by atoms with van der Waals surface area (Å²) in [6.45, 7) is 0. The van der Waals surface area contributed by atoms with E-state index < -0.39 is 6.16 Å². The molecule has 0 atom stereocenters. The number of carbonyl (C=O) groups is 1. The van der Waals surface area contributed by atoms with Gasteiger partial charge in [-0.05, 0) is 12.1 Å². The lowest BCUT2D eigenvalue weighted by atomic mass is 10.2. The Morgan fingerprint density at radius 3 is 2.33 bits per heavy atom. The van der Waals surface area contributed by atoms with E-state index in [4.69, 9.17) is 9.57 Å². The molecule has 0 fully saturated rings. The van der Waals surface area contributed by atoms with Gasteiger partial charge in [0.05, 0.1) is 21.1 Å². The standard InChI is InChI=1S/C12H19N2O3.BrH/c1-13(2)17-12(15)16-11-8-6-7-10(9-11)14(3,4)5;/h6-9H,1-5H3;1H/q+1;/p-1. The third-order valence-electron chi connectivity index (χ3n) is 2.05. The van der Waals surface area contributed by atoms with Crippen LogP contribution >= 0.6 is 0 Å². The van der Waals surface area contributed by atoms with E-state index >= 15 is 0 Å². The summed E-state index contributed by atoms with van der Waals surface area (Å²) in [5, 5.41) is 1.28. The lowest BCUT2D eigenvalue weighted by Gasteiger charge is -2.23. The summed E-state index contributed by atoms with van der Waals surface area (Å²) in [7, 11) is 9.35.